The third-order valence-corrected chi connectivity index (χ3v) is 5.97. The van der Waals surface area contributed by atoms with Crippen LogP contribution in [0.5, 0.6) is 0 Å². The van der Waals surface area contributed by atoms with Gasteiger partial charge in [-0.1, -0.05) is 6.07 Å². The minimum Gasteiger partial charge on any atom is -0.340 e. The molecule has 3 rings (SSSR count). The third kappa shape index (κ3) is 5.12. The molecule has 12 nitrogen and oxygen atoms in total. The normalized spacial score (nSPS) is 11.7. The summed E-state index contributed by atoms with van der Waals surface area (Å²) in [6, 6.07) is 6.09. The van der Waals surface area contributed by atoms with Crippen molar-refractivity contribution in [2.45, 2.75) is 9.79 Å². The molecule has 2 aromatic carbocycles. The summed E-state index contributed by atoms with van der Waals surface area (Å²) in [6.45, 7) is 0. The molecule has 0 atom stereocenters. The first-order chi connectivity index (χ1) is 13.8. The molecule has 31 heavy (non-hydrogen) atoms. The number of nitrogens with zero attached hydrogens (tertiary/aromatic N) is 2. The molecule has 0 spiro atoms. The van der Waals surface area contributed by atoms with E-state index in [0.717, 1.165) is 42.6 Å². The molecule has 0 bridgehead atoms. The molecule has 0 unspecified atom stereocenters. The summed E-state index contributed by atoms with van der Waals surface area (Å²) >= 11 is 0. The summed E-state index contributed by atoms with van der Waals surface area (Å²) < 4.78 is 66.0. The van der Waals surface area contributed by atoms with Crippen LogP contribution < -0.4 is 34.9 Å². The monoisotopic (exact) mass is 478 g/mol. The number of hydrogen-bond acceptors (Lipinski definition) is 7. The first-order valence-electron chi connectivity index (χ1n) is 7.93. The molecule has 1 heterocycles. The fourth-order valence-corrected chi connectivity index (χ4v) is 4.05. The largest absolute Gasteiger partial charge is 1.00 e. The Morgan fingerprint density at radius 2 is 1.68 bits per heavy atom. The fraction of sp³-hybridized carbons (Fsp3) is 0.0625. The zero-order valence-corrected chi connectivity index (χ0v) is 19.6. The smallest absolute Gasteiger partial charge is 0.340 e. The van der Waals surface area contributed by atoms with Gasteiger partial charge in [-0.05, 0) is 24.3 Å². The van der Waals surface area contributed by atoms with E-state index in [0.29, 0.717) is 0 Å². The predicted octanol–water partition coefficient (Wildman–Crippen LogP) is -1.16. The van der Waals surface area contributed by atoms with Gasteiger partial charge in [0.25, 0.3) is 31.8 Å². The second-order valence-corrected chi connectivity index (χ2v) is 8.99. The number of carbonyl (C=O) groups excluding carboxylic acids is 1. The number of rotatable bonds is 5. The van der Waals surface area contributed by atoms with E-state index in [1.54, 1.807) is 0 Å². The summed E-state index contributed by atoms with van der Waals surface area (Å²) in [6.07, 6.45) is 1.13. The first kappa shape index (κ1) is 24.9. The van der Waals surface area contributed by atoms with Gasteiger partial charge in [0.15, 0.2) is 0 Å². The molecule has 3 N–H and O–H groups in total. The molecule has 0 aliphatic carbocycles. The van der Waals surface area contributed by atoms with E-state index < -0.39 is 40.9 Å². The molecular formula is C16H13N3NaO9S2+. The average Bonchev–Trinajstić information content (AvgIpc) is 3.02. The minimum absolute atomic E-state index is 0. The molecule has 0 saturated heterocycles. The van der Waals surface area contributed by atoms with E-state index in [4.69, 9.17) is 0 Å². The quantitative estimate of drug-likeness (QED) is 0.176. The number of nitro groups is 1. The minimum atomic E-state index is -4.77. The van der Waals surface area contributed by atoms with E-state index in [1.165, 1.54) is 11.6 Å². The van der Waals surface area contributed by atoms with Crippen molar-refractivity contribution in [3.63, 3.8) is 0 Å². The number of anilines is 1. The molecule has 3 aromatic rings. The maximum absolute atomic E-state index is 12.6. The summed E-state index contributed by atoms with van der Waals surface area (Å²) in [5.41, 5.74) is -0.344. The Bertz CT molecular complexity index is 1430. The fourth-order valence-electron chi connectivity index (χ4n) is 2.85. The molecule has 0 aliphatic heterocycles. The van der Waals surface area contributed by atoms with Crippen LogP contribution in [0.15, 0.2) is 52.4 Å². The summed E-state index contributed by atoms with van der Waals surface area (Å²) in [4.78, 5) is 21.5. The van der Waals surface area contributed by atoms with Crippen molar-refractivity contribution < 1.29 is 65.2 Å². The second-order valence-electron chi connectivity index (χ2n) is 6.17. The van der Waals surface area contributed by atoms with Gasteiger partial charge in [-0.2, -0.15) is 16.8 Å². The van der Waals surface area contributed by atoms with Gasteiger partial charge in [0.05, 0.1) is 16.0 Å². The van der Waals surface area contributed by atoms with Gasteiger partial charge < -0.3 is 9.88 Å². The number of nitrogens with one attached hydrogen (secondary N) is 1. The predicted molar refractivity (Wildman–Crippen MR) is 104 cm³/mol. The maximum Gasteiger partial charge on any atom is 1.00 e. The van der Waals surface area contributed by atoms with Crippen LogP contribution in [-0.2, 0) is 27.3 Å². The van der Waals surface area contributed by atoms with Gasteiger partial charge in [0.2, 0.25) is 0 Å². The Balaban J connectivity index is 0.00000341. The Hall–Kier alpha value is -2.33. The van der Waals surface area contributed by atoms with Crippen LogP contribution in [0.4, 0.5) is 11.4 Å². The number of aryl methyl sites for hydroxylation is 1. The van der Waals surface area contributed by atoms with Crippen LogP contribution in [0.1, 0.15) is 10.5 Å². The topological polar surface area (TPSA) is 186 Å². The van der Waals surface area contributed by atoms with Crippen molar-refractivity contribution in [2.24, 2.45) is 7.05 Å². The third-order valence-electron chi connectivity index (χ3n) is 4.21. The number of amides is 1. The van der Waals surface area contributed by atoms with Crippen LogP contribution in [0.25, 0.3) is 10.8 Å². The van der Waals surface area contributed by atoms with Crippen LogP contribution in [0.2, 0.25) is 0 Å². The van der Waals surface area contributed by atoms with Crippen LogP contribution in [0, 0.1) is 10.1 Å². The van der Waals surface area contributed by atoms with Gasteiger partial charge >= 0.3 is 29.6 Å². The van der Waals surface area contributed by atoms with E-state index >= 15 is 0 Å². The number of hydrogen-bond donors (Lipinski definition) is 3. The standard InChI is InChI=1S/C16H13N3O9S2.Na/c1-18-8-9(19(21)22)6-14(18)16(20)17-13-4-5-15(30(26,27)28)12-7-10(29(23,24)25)2-3-11(12)13;/h2-8H,1H3,(H,17,20)(H,23,24,25)(H,26,27,28);/q;+1. The van der Waals surface area contributed by atoms with Gasteiger partial charge in [-0.25, -0.2) is 0 Å². The number of aromatic nitrogens is 1. The van der Waals surface area contributed by atoms with Crippen molar-refractivity contribution in [3.05, 3.63) is 58.4 Å². The SMILES string of the molecule is Cn1cc([N+](=O)[O-])cc1C(=O)Nc1ccc(S(=O)(=O)O)c2cc(S(=O)(=O)O)ccc12.[Na+]. The number of benzene rings is 2. The number of carbonyl (C=O) groups is 1. The number of fused-ring (bicyclic) bond motifs is 1. The second kappa shape index (κ2) is 8.66. The van der Waals surface area contributed by atoms with Crippen LogP contribution in [-0.4, -0.2) is 41.3 Å². The molecule has 158 valence electrons. The molecule has 1 amide bonds. The van der Waals surface area contributed by atoms with Crippen molar-refractivity contribution in [3.8, 4) is 0 Å². The molecule has 15 heteroatoms. The Kier molecular flexibility index (Phi) is 6.97. The van der Waals surface area contributed by atoms with Crippen LogP contribution in [0.3, 0.4) is 0 Å². The van der Waals surface area contributed by atoms with Crippen molar-refractivity contribution >= 4 is 48.3 Å². The molecule has 0 aliphatic rings. The van der Waals surface area contributed by atoms with E-state index in [1.807, 2.05) is 0 Å². The first-order valence-corrected chi connectivity index (χ1v) is 10.8. The molecular weight excluding hydrogens is 465 g/mol. The van der Waals surface area contributed by atoms with E-state index in [9.17, 15) is 40.8 Å². The zero-order chi connectivity index (χ0) is 22.4. The molecule has 0 saturated carbocycles. The van der Waals surface area contributed by atoms with Crippen molar-refractivity contribution in [2.75, 3.05) is 5.32 Å². The molecule has 0 radical (unpaired) electrons. The average molecular weight is 478 g/mol. The van der Waals surface area contributed by atoms with Crippen molar-refractivity contribution in [1.82, 2.24) is 4.57 Å². The molecule has 1 aromatic heterocycles. The van der Waals surface area contributed by atoms with Crippen LogP contribution >= 0.6 is 0 Å². The van der Waals surface area contributed by atoms with Gasteiger partial charge in [-0.3, -0.25) is 24.0 Å². The summed E-state index contributed by atoms with van der Waals surface area (Å²) in [7, 11) is -8.03. The maximum atomic E-state index is 12.6. The summed E-state index contributed by atoms with van der Waals surface area (Å²) in [5, 5.41) is 13.1. The summed E-state index contributed by atoms with van der Waals surface area (Å²) in [5.74, 6) is -0.759. The molecule has 0 fully saturated rings. The van der Waals surface area contributed by atoms with Gasteiger partial charge in [0, 0.05) is 29.6 Å². The zero-order valence-electron chi connectivity index (χ0n) is 16.0. The Morgan fingerprint density at radius 1 is 1.03 bits per heavy atom. The van der Waals surface area contributed by atoms with Crippen molar-refractivity contribution in [1.29, 1.82) is 0 Å². The Labute approximate surface area is 197 Å². The van der Waals surface area contributed by atoms with E-state index in [-0.39, 0.29) is 57.4 Å². The Morgan fingerprint density at radius 3 is 2.19 bits per heavy atom. The van der Waals surface area contributed by atoms with Gasteiger partial charge in [-0.15, -0.1) is 0 Å². The van der Waals surface area contributed by atoms with Gasteiger partial charge in [0.1, 0.15) is 10.6 Å². The van der Waals surface area contributed by atoms with E-state index in [2.05, 4.69) is 5.32 Å².